The molecule has 1 saturated carbocycles. The van der Waals surface area contributed by atoms with Crippen LogP contribution in [0.25, 0.3) is 0 Å². The number of rotatable bonds is 6. The standard InChI is InChI=1S/C15H20N4/c1-2-19-11-17-18-15(19)10-16-9-13-5-3-4-6-14(13)12-7-8-12/h3-6,11-12,16H,2,7-10H2,1H3. The van der Waals surface area contributed by atoms with Crippen molar-refractivity contribution in [3.8, 4) is 0 Å². The zero-order chi connectivity index (χ0) is 13.1. The van der Waals surface area contributed by atoms with Crippen molar-refractivity contribution >= 4 is 0 Å². The Balaban J connectivity index is 1.60. The van der Waals surface area contributed by atoms with Crippen molar-refractivity contribution < 1.29 is 0 Å². The second kappa shape index (κ2) is 5.53. The summed E-state index contributed by atoms with van der Waals surface area (Å²) < 4.78 is 2.07. The van der Waals surface area contributed by atoms with E-state index in [1.165, 1.54) is 24.0 Å². The summed E-state index contributed by atoms with van der Waals surface area (Å²) in [6.07, 6.45) is 4.48. The summed E-state index contributed by atoms with van der Waals surface area (Å²) in [6.45, 7) is 4.70. The first-order valence-electron chi connectivity index (χ1n) is 7.03. The molecule has 1 N–H and O–H groups in total. The van der Waals surface area contributed by atoms with E-state index in [1.807, 2.05) is 0 Å². The summed E-state index contributed by atoms with van der Waals surface area (Å²) in [4.78, 5) is 0. The van der Waals surface area contributed by atoms with Gasteiger partial charge in [-0.1, -0.05) is 24.3 Å². The average molecular weight is 256 g/mol. The number of hydrogen-bond acceptors (Lipinski definition) is 3. The molecule has 1 heterocycles. The van der Waals surface area contributed by atoms with Crippen molar-refractivity contribution in [1.82, 2.24) is 20.1 Å². The molecule has 4 heteroatoms. The van der Waals surface area contributed by atoms with Crippen LogP contribution in [0.5, 0.6) is 0 Å². The van der Waals surface area contributed by atoms with Crippen molar-refractivity contribution in [3.63, 3.8) is 0 Å². The molecule has 0 bridgehead atoms. The average Bonchev–Trinajstić information content (AvgIpc) is 3.19. The van der Waals surface area contributed by atoms with Crippen LogP contribution in [-0.2, 0) is 19.6 Å². The number of aryl methyl sites for hydroxylation is 1. The molecule has 1 aromatic carbocycles. The third-order valence-electron chi connectivity index (χ3n) is 3.71. The van der Waals surface area contributed by atoms with Crippen LogP contribution in [0, 0.1) is 0 Å². The Bertz CT molecular complexity index is 543. The minimum Gasteiger partial charge on any atom is -0.317 e. The molecular weight excluding hydrogens is 236 g/mol. The Labute approximate surface area is 113 Å². The lowest BCUT2D eigenvalue weighted by molar-refractivity contribution is 0.610. The molecule has 100 valence electrons. The van der Waals surface area contributed by atoms with Gasteiger partial charge in [-0.3, -0.25) is 0 Å². The van der Waals surface area contributed by atoms with Crippen LogP contribution in [0.3, 0.4) is 0 Å². The van der Waals surface area contributed by atoms with Gasteiger partial charge in [0, 0.05) is 13.1 Å². The summed E-state index contributed by atoms with van der Waals surface area (Å²) in [7, 11) is 0. The molecule has 3 rings (SSSR count). The van der Waals surface area contributed by atoms with Gasteiger partial charge in [-0.25, -0.2) is 0 Å². The Hall–Kier alpha value is -1.68. The van der Waals surface area contributed by atoms with Gasteiger partial charge in [0.05, 0.1) is 6.54 Å². The minimum atomic E-state index is 0.771. The molecule has 0 saturated heterocycles. The van der Waals surface area contributed by atoms with Gasteiger partial charge in [-0.2, -0.15) is 0 Å². The quantitative estimate of drug-likeness (QED) is 0.863. The summed E-state index contributed by atoms with van der Waals surface area (Å²) in [5.41, 5.74) is 2.94. The van der Waals surface area contributed by atoms with Gasteiger partial charge in [-0.15, -0.1) is 10.2 Å². The predicted molar refractivity (Wildman–Crippen MR) is 74.7 cm³/mol. The van der Waals surface area contributed by atoms with Crippen molar-refractivity contribution in [2.75, 3.05) is 0 Å². The Morgan fingerprint density at radius 1 is 1.26 bits per heavy atom. The van der Waals surface area contributed by atoms with Gasteiger partial charge >= 0.3 is 0 Å². The first-order chi connectivity index (χ1) is 9.38. The molecule has 4 nitrogen and oxygen atoms in total. The first-order valence-corrected chi connectivity index (χ1v) is 7.03. The van der Waals surface area contributed by atoms with Gasteiger partial charge in [0.15, 0.2) is 0 Å². The zero-order valence-corrected chi connectivity index (χ0v) is 11.3. The molecule has 1 aliphatic carbocycles. The van der Waals surface area contributed by atoms with Crippen LogP contribution in [-0.4, -0.2) is 14.8 Å². The Morgan fingerprint density at radius 2 is 2.11 bits per heavy atom. The monoisotopic (exact) mass is 256 g/mol. The summed E-state index contributed by atoms with van der Waals surface area (Å²) in [5.74, 6) is 1.81. The van der Waals surface area contributed by atoms with Crippen molar-refractivity contribution in [1.29, 1.82) is 0 Å². The maximum absolute atomic E-state index is 4.14. The molecule has 2 aromatic rings. The molecule has 1 aliphatic rings. The van der Waals surface area contributed by atoms with E-state index in [0.717, 1.165) is 31.4 Å². The second-order valence-electron chi connectivity index (χ2n) is 5.11. The normalized spacial score (nSPS) is 14.8. The molecular formula is C15H20N4. The zero-order valence-electron chi connectivity index (χ0n) is 11.3. The van der Waals surface area contributed by atoms with Crippen LogP contribution >= 0.6 is 0 Å². The molecule has 0 radical (unpaired) electrons. The van der Waals surface area contributed by atoms with E-state index in [9.17, 15) is 0 Å². The van der Waals surface area contributed by atoms with Crippen molar-refractivity contribution in [2.24, 2.45) is 0 Å². The lowest BCUT2D eigenvalue weighted by Crippen LogP contribution is -2.17. The van der Waals surface area contributed by atoms with Crippen LogP contribution in [0.15, 0.2) is 30.6 Å². The largest absolute Gasteiger partial charge is 0.317 e. The van der Waals surface area contributed by atoms with Gasteiger partial charge in [0.2, 0.25) is 0 Å². The molecule has 19 heavy (non-hydrogen) atoms. The Morgan fingerprint density at radius 3 is 2.89 bits per heavy atom. The SMILES string of the molecule is CCn1cnnc1CNCc1ccccc1C1CC1. The Kier molecular flexibility index (Phi) is 3.60. The lowest BCUT2D eigenvalue weighted by atomic mass is 10.0. The van der Waals surface area contributed by atoms with Gasteiger partial charge < -0.3 is 9.88 Å². The fraction of sp³-hybridized carbons (Fsp3) is 0.467. The molecule has 0 amide bonds. The van der Waals surface area contributed by atoms with E-state index in [4.69, 9.17) is 0 Å². The van der Waals surface area contributed by atoms with Gasteiger partial charge in [0.25, 0.3) is 0 Å². The maximum atomic E-state index is 4.14. The van der Waals surface area contributed by atoms with E-state index >= 15 is 0 Å². The van der Waals surface area contributed by atoms with E-state index in [1.54, 1.807) is 6.33 Å². The second-order valence-corrected chi connectivity index (χ2v) is 5.11. The number of hydrogen-bond donors (Lipinski definition) is 1. The highest BCUT2D eigenvalue weighted by Crippen LogP contribution is 2.41. The third kappa shape index (κ3) is 2.84. The molecule has 0 unspecified atom stereocenters. The van der Waals surface area contributed by atoms with Gasteiger partial charge in [-0.05, 0) is 36.8 Å². The highest BCUT2D eigenvalue weighted by atomic mass is 15.3. The maximum Gasteiger partial charge on any atom is 0.146 e. The molecule has 0 atom stereocenters. The van der Waals surface area contributed by atoms with Crippen LogP contribution in [0.2, 0.25) is 0 Å². The molecule has 1 fully saturated rings. The fourth-order valence-corrected chi connectivity index (χ4v) is 2.48. The molecule has 0 aliphatic heterocycles. The van der Waals surface area contributed by atoms with Crippen LogP contribution in [0.4, 0.5) is 0 Å². The predicted octanol–water partition coefficient (Wildman–Crippen LogP) is 2.47. The number of nitrogens with zero attached hydrogens (tertiary/aromatic N) is 3. The summed E-state index contributed by atoms with van der Waals surface area (Å²) in [6, 6.07) is 8.76. The van der Waals surface area contributed by atoms with E-state index in [-0.39, 0.29) is 0 Å². The number of benzene rings is 1. The van der Waals surface area contributed by atoms with E-state index in [0.29, 0.717) is 0 Å². The molecule has 0 spiro atoms. The lowest BCUT2D eigenvalue weighted by Gasteiger charge is -2.10. The first kappa shape index (κ1) is 12.4. The highest BCUT2D eigenvalue weighted by Gasteiger charge is 2.25. The van der Waals surface area contributed by atoms with Crippen molar-refractivity contribution in [3.05, 3.63) is 47.5 Å². The van der Waals surface area contributed by atoms with Gasteiger partial charge in [0.1, 0.15) is 12.2 Å². The summed E-state index contributed by atoms with van der Waals surface area (Å²) >= 11 is 0. The van der Waals surface area contributed by atoms with Crippen LogP contribution < -0.4 is 5.32 Å². The van der Waals surface area contributed by atoms with E-state index < -0.39 is 0 Å². The fourth-order valence-electron chi connectivity index (χ4n) is 2.48. The minimum absolute atomic E-state index is 0.771. The molecule has 1 aromatic heterocycles. The third-order valence-corrected chi connectivity index (χ3v) is 3.71. The number of aromatic nitrogens is 3. The summed E-state index contributed by atoms with van der Waals surface area (Å²) in [5, 5.41) is 11.6. The topological polar surface area (TPSA) is 42.7 Å². The smallest absolute Gasteiger partial charge is 0.146 e. The van der Waals surface area contributed by atoms with Crippen LogP contribution in [0.1, 0.15) is 42.6 Å². The highest BCUT2D eigenvalue weighted by molar-refractivity contribution is 5.33. The number of nitrogens with one attached hydrogen (secondary N) is 1. The van der Waals surface area contributed by atoms with E-state index in [2.05, 4.69) is 51.3 Å². The van der Waals surface area contributed by atoms with Crippen molar-refractivity contribution in [2.45, 2.75) is 45.3 Å².